The van der Waals surface area contributed by atoms with Gasteiger partial charge in [0.15, 0.2) is 0 Å². The van der Waals surface area contributed by atoms with Crippen LogP contribution in [0, 0.1) is 0 Å². The van der Waals surface area contributed by atoms with Crippen LogP contribution in [0.25, 0.3) is 0 Å². The van der Waals surface area contributed by atoms with Crippen LogP contribution in [0.5, 0.6) is 0 Å². The molecule has 64 valence electrons. The molecule has 0 amide bonds. The van der Waals surface area contributed by atoms with Gasteiger partial charge in [-0.2, -0.15) is 0 Å². The van der Waals surface area contributed by atoms with Crippen LogP contribution in [0.2, 0.25) is 0 Å². The molecule has 1 aromatic rings. The van der Waals surface area contributed by atoms with Gasteiger partial charge in [0.1, 0.15) is 0 Å². The summed E-state index contributed by atoms with van der Waals surface area (Å²) in [7, 11) is -0.750. The Morgan fingerprint density at radius 3 is 1.58 bits per heavy atom. The fourth-order valence-corrected chi connectivity index (χ4v) is 0.600. The van der Waals surface area contributed by atoms with Crippen molar-refractivity contribution in [2.75, 3.05) is 0 Å². The molecule has 0 spiro atoms. The first-order valence-electron chi connectivity index (χ1n) is 2.77. The first-order chi connectivity index (χ1) is 4.81. The van der Waals surface area contributed by atoms with Crippen molar-refractivity contribution in [3.8, 4) is 0 Å². The second kappa shape index (κ2) is 14.7. The summed E-state index contributed by atoms with van der Waals surface area (Å²) in [6.45, 7) is 0. The van der Waals surface area contributed by atoms with E-state index in [4.69, 9.17) is 10.0 Å². The summed E-state index contributed by atoms with van der Waals surface area (Å²) in [6.07, 6.45) is 0. The predicted molar refractivity (Wildman–Crippen MR) is 56.0 cm³/mol. The predicted octanol–water partition coefficient (Wildman–Crippen LogP) is -1.26. The zero-order valence-electron chi connectivity index (χ0n) is 5.94. The van der Waals surface area contributed by atoms with Crippen molar-refractivity contribution < 1.29 is 15.5 Å². The molecule has 4 N–H and O–H groups in total. The SMILES string of the molecule is O.OBO.Sc1ccccc1.[KH]. The molecule has 0 aliphatic heterocycles. The summed E-state index contributed by atoms with van der Waals surface area (Å²) >= 11 is 4.08. The molecule has 0 saturated carbocycles. The van der Waals surface area contributed by atoms with Gasteiger partial charge < -0.3 is 15.5 Å². The molecule has 0 fully saturated rings. The Morgan fingerprint density at radius 2 is 1.42 bits per heavy atom. The van der Waals surface area contributed by atoms with Gasteiger partial charge in [0.2, 0.25) is 0 Å². The Kier molecular flexibility index (Phi) is 23.0. The van der Waals surface area contributed by atoms with Crippen molar-refractivity contribution in [3.63, 3.8) is 0 Å². The third kappa shape index (κ3) is 13.7. The Morgan fingerprint density at radius 1 is 1.08 bits per heavy atom. The molecule has 0 aliphatic carbocycles. The number of hydrogen-bond acceptors (Lipinski definition) is 3. The van der Waals surface area contributed by atoms with Crippen molar-refractivity contribution >= 4 is 71.7 Å². The Balaban J connectivity index is -0.000000146. The maximum absolute atomic E-state index is 7.12. The van der Waals surface area contributed by atoms with Gasteiger partial charge in [-0.3, -0.25) is 0 Å². The third-order valence-corrected chi connectivity index (χ3v) is 1.05. The van der Waals surface area contributed by atoms with E-state index in [-0.39, 0.29) is 56.9 Å². The molecule has 12 heavy (non-hydrogen) atoms. The normalized spacial score (nSPS) is 6.25. The van der Waals surface area contributed by atoms with Gasteiger partial charge in [-0.15, -0.1) is 12.6 Å². The Bertz CT molecular complexity index is 164. The monoisotopic (exact) mass is 214 g/mol. The van der Waals surface area contributed by atoms with E-state index in [1.54, 1.807) is 0 Å². The molecule has 0 radical (unpaired) electrons. The molecule has 1 aromatic carbocycles. The summed E-state index contributed by atoms with van der Waals surface area (Å²) in [5, 5.41) is 14.2. The fraction of sp³-hybridized carbons (Fsp3) is 0. The number of hydrogen-bond donors (Lipinski definition) is 3. The van der Waals surface area contributed by atoms with Crippen LogP contribution in [0.3, 0.4) is 0 Å². The third-order valence-electron chi connectivity index (χ3n) is 0.756. The minimum atomic E-state index is -0.750. The van der Waals surface area contributed by atoms with E-state index in [1.165, 1.54) is 0 Å². The summed E-state index contributed by atoms with van der Waals surface area (Å²) in [5.41, 5.74) is 0. The number of rotatable bonds is 0. The van der Waals surface area contributed by atoms with Crippen LogP contribution in [-0.4, -0.2) is 74.6 Å². The van der Waals surface area contributed by atoms with E-state index in [0.29, 0.717) is 0 Å². The first-order valence-corrected chi connectivity index (χ1v) is 3.21. The maximum atomic E-state index is 7.12. The molecular weight excluding hydrogens is 202 g/mol. The molecule has 0 heterocycles. The Labute approximate surface area is 121 Å². The zero-order chi connectivity index (χ0) is 7.82. The van der Waals surface area contributed by atoms with E-state index in [9.17, 15) is 0 Å². The molecule has 0 saturated heterocycles. The van der Waals surface area contributed by atoms with Crippen LogP contribution >= 0.6 is 12.6 Å². The van der Waals surface area contributed by atoms with Gasteiger partial charge in [0.25, 0.3) is 0 Å². The minimum absolute atomic E-state index is 0. The zero-order valence-corrected chi connectivity index (χ0v) is 6.83. The molecular formula is C6H12BKO3S. The molecule has 0 aromatic heterocycles. The average molecular weight is 214 g/mol. The van der Waals surface area contributed by atoms with Crippen LogP contribution < -0.4 is 0 Å². The summed E-state index contributed by atoms with van der Waals surface area (Å²) in [4.78, 5) is 1.02. The van der Waals surface area contributed by atoms with Crippen molar-refractivity contribution in [2.24, 2.45) is 0 Å². The van der Waals surface area contributed by atoms with Gasteiger partial charge in [-0.1, -0.05) is 18.2 Å². The van der Waals surface area contributed by atoms with Crippen molar-refractivity contribution in [2.45, 2.75) is 4.90 Å². The van der Waals surface area contributed by atoms with Crippen LogP contribution in [0.1, 0.15) is 0 Å². The van der Waals surface area contributed by atoms with Gasteiger partial charge in [0.05, 0.1) is 0 Å². The van der Waals surface area contributed by atoms with Crippen LogP contribution in [-0.2, 0) is 0 Å². The number of benzene rings is 1. The summed E-state index contributed by atoms with van der Waals surface area (Å²) in [6, 6.07) is 9.79. The molecule has 6 heteroatoms. The molecule has 0 aliphatic rings. The van der Waals surface area contributed by atoms with Crippen LogP contribution in [0.15, 0.2) is 35.2 Å². The van der Waals surface area contributed by atoms with Gasteiger partial charge in [-0.25, -0.2) is 0 Å². The molecule has 0 unspecified atom stereocenters. The van der Waals surface area contributed by atoms with Gasteiger partial charge in [0, 0.05) is 4.90 Å². The van der Waals surface area contributed by atoms with Crippen molar-refractivity contribution in [3.05, 3.63) is 30.3 Å². The number of thiol groups is 1. The van der Waals surface area contributed by atoms with Gasteiger partial charge >= 0.3 is 59.1 Å². The molecule has 0 atom stereocenters. The quantitative estimate of drug-likeness (QED) is 0.372. The molecule has 1 rings (SSSR count). The summed E-state index contributed by atoms with van der Waals surface area (Å²) in [5.74, 6) is 0. The van der Waals surface area contributed by atoms with Crippen molar-refractivity contribution in [1.82, 2.24) is 0 Å². The van der Waals surface area contributed by atoms with E-state index in [0.717, 1.165) is 4.90 Å². The summed E-state index contributed by atoms with van der Waals surface area (Å²) < 4.78 is 0. The van der Waals surface area contributed by atoms with E-state index >= 15 is 0 Å². The van der Waals surface area contributed by atoms with E-state index in [2.05, 4.69) is 12.6 Å². The van der Waals surface area contributed by atoms with Gasteiger partial charge in [-0.05, 0) is 12.1 Å². The standard InChI is InChI=1S/C6H6S.BH3O2.K.H2O.H/c7-6-4-2-1-3-5-6;2-1-3;;;/h1-5,7H;1-3H;;1H2;. The molecule has 3 nitrogen and oxygen atoms in total. The van der Waals surface area contributed by atoms with Crippen LogP contribution in [0.4, 0.5) is 0 Å². The fourth-order valence-electron chi connectivity index (χ4n) is 0.428. The molecule has 0 bridgehead atoms. The first kappa shape index (κ1) is 18.8. The Hall–Kier alpha value is 1.15. The van der Waals surface area contributed by atoms with E-state index in [1.807, 2.05) is 30.3 Å². The van der Waals surface area contributed by atoms with Crippen molar-refractivity contribution in [1.29, 1.82) is 0 Å². The average Bonchev–Trinajstić information content (AvgIpc) is 1.91. The topological polar surface area (TPSA) is 72.0 Å². The van der Waals surface area contributed by atoms with E-state index < -0.39 is 7.69 Å². The second-order valence-electron chi connectivity index (χ2n) is 1.48. The second-order valence-corrected chi connectivity index (χ2v) is 1.99.